The minimum absolute atomic E-state index is 0.226. The van der Waals surface area contributed by atoms with Gasteiger partial charge >= 0.3 is 6.18 Å². The topological polar surface area (TPSA) is 40.6 Å². The number of hydrogen-bond acceptors (Lipinski definition) is 3. The number of halogens is 3. The molecule has 0 atom stereocenters. The molecule has 2 aromatic rings. The largest absolute Gasteiger partial charge is 0.416 e. The van der Waals surface area contributed by atoms with Crippen molar-refractivity contribution in [3.63, 3.8) is 0 Å². The van der Waals surface area contributed by atoms with Crippen LogP contribution in [-0.4, -0.2) is 38.9 Å². The molecular formula is C22H27F3N2O2S. The average Bonchev–Trinajstić information content (AvgIpc) is 2.70. The summed E-state index contributed by atoms with van der Waals surface area (Å²) in [6.07, 6.45) is -4.41. The molecule has 4 nitrogen and oxygen atoms in total. The second-order valence-electron chi connectivity index (χ2n) is 7.89. The van der Waals surface area contributed by atoms with Crippen molar-refractivity contribution in [1.82, 2.24) is 4.31 Å². The molecule has 1 aliphatic rings. The summed E-state index contributed by atoms with van der Waals surface area (Å²) in [5.74, 6) is 0. The van der Waals surface area contributed by atoms with E-state index in [-0.39, 0.29) is 13.1 Å². The molecule has 3 rings (SSSR count). The fourth-order valence-corrected chi connectivity index (χ4v) is 6.03. The molecular weight excluding hydrogens is 413 g/mol. The van der Waals surface area contributed by atoms with E-state index in [2.05, 4.69) is 0 Å². The molecule has 0 N–H and O–H groups in total. The Hall–Kier alpha value is -2.06. The van der Waals surface area contributed by atoms with E-state index in [9.17, 15) is 21.6 Å². The molecule has 0 unspecified atom stereocenters. The predicted octanol–water partition coefficient (Wildman–Crippen LogP) is 4.76. The first-order valence-electron chi connectivity index (χ1n) is 9.85. The van der Waals surface area contributed by atoms with Gasteiger partial charge in [0.1, 0.15) is 0 Å². The van der Waals surface area contributed by atoms with Gasteiger partial charge in [0.15, 0.2) is 0 Å². The number of piperazine rings is 1. The highest BCUT2D eigenvalue weighted by Gasteiger charge is 2.34. The van der Waals surface area contributed by atoms with Gasteiger partial charge in [0, 0.05) is 31.9 Å². The Labute approximate surface area is 176 Å². The average molecular weight is 441 g/mol. The zero-order valence-corrected chi connectivity index (χ0v) is 18.7. The van der Waals surface area contributed by atoms with Gasteiger partial charge in [-0.15, -0.1) is 0 Å². The summed E-state index contributed by atoms with van der Waals surface area (Å²) in [5.41, 5.74) is 4.31. The normalized spacial score (nSPS) is 16.2. The van der Waals surface area contributed by atoms with Gasteiger partial charge < -0.3 is 4.90 Å². The van der Waals surface area contributed by atoms with Crippen LogP contribution in [0.3, 0.4) is 0 Å². The van der Waals surface area contributed by atoms with Crippen LogP contribution in [0.1, 0.15) is 33.4 Å². The second kappa shape index (κ2) is 7.89. The van der Waals surface area contributed by atoms with Gasteiger partial charge in [-0.25, -0.2) is 8.42 Å². The van der Waals surface area contributed by atoms with Crippen LogP contribution in [0.5, 0.6) is 0 Å². The van der Waals surface area contributed by atoms with Crippen LogP contribution < -0.4 is 4.90 Å². The Bertz CT molecular complexity index is 1040. The fraction of sp³-hybridized carbons (Fsp3) is 0.455. The lowest BCUT2D eigenvalue weighted by Crippen LogP contribution is -2.49. The highest BCUT2D eigenvalue weighted by Crippen LogP contribution is 2.34. The van der Waals surface area contributed by atoms with E-state index in [1.165, 1.54) is 10.4 Å². The van der Waals surface area contributed by atoms with Crippen molar-refractivity contribution in [3.8, 4) is 0 Å². The van der Waals surface area contributed by atoms with E-state index in [1.807, 2.05) is 34.6 Å². The van der Waals surface area contributed by atoms with Crippen molar-refractivity contribution >= 4 is 15.7 Å². The van der Waals surface area contributed by atoms with Crippen LogP contribution in [0.2, 0.25) is 0 Å². The molecule has 0 bridgehead atoms. The zero-order valence-electron chi connectivity index (χ0n) is 17.9. The number of rotatable bonds is 3. The van der Waals surface area contributed by atoms with Crippen LogP contribution in [-0.2, 0) is 16.2 Å². The molecule has 1 fully saturated rings. The van der Waals surface area contributed by atoms with E-state index in [0.717, 1.165) is 39.9 Å². The number of hydrogen-bond donors (Lipinski definition) is 0. The number of nitrogens with zero attached hydrogens (tertiary/aromatic N) is 2. The van der Waals surface area contributed by atoms with E-state index in [1.54, 1.807) is 11.0 Å². The van der Waals surface area contributed by atoms with E-state index in [4.69, 9.17) is 0 Å². The Morgan fingerprint density at radius 2 is 1.30 bits per heavy atom. The van der Waals surface area contributed by atoms with Gasteiger partial charge in [0.2, 0.25) is 10.0 Å². The lowest BCUT2D eigenvalue weighted by Gasteiger charge is -2.36. The minimum Gasteiger partial charge on any atom is -0.369 e. The molecule has 0 aromatic heterocycles. The lowest BCUT2D eigenvalue weighted by atomic mass is 9.95. The van der Waals surface area contributed by atoms with Gasteiger partial charge in [0.05, 0.1) is 10.5 Å². The van der Waals surface area contributed by atoms with Crippen molar-refractivity contribution < 1.29 is 21.6 Å². The molecule has 1 aliphatic heterocycles. The molecule has 1 heterocycles. The summed E-state index contributed by atoms with van der Waals surface area (Å²) >= 11 is 0. The van der Waals surface area contributed by atoms with Crippen molar-refractivity contribution in [2.45, 2.75) is 45.7 Å². The standard InChI is InChI=1S/C22H27F3N2O2S/c1-14-15(2)17(4)21(18(5)16(14)3)30(28,29)27-11-9-26(10-12-27)20-8-6-7-19(13-20)22(23,24)25/h6-8,13H,9-12H2,1-5H3. The van der Waals surface area contributed by atoms with Crippen LogP contribution in [0.4, 0.5) is 18.9 Å². The maximum absolute atomic E-state index is 13.4. The molecule has 0 aliphatic carbocycles. The van der Waals surface area contributed by atoms with Gasteiger partial charge in [0.25, 0.3) is 0 Å². The first-order chi connectivity index (χ1) is 13.9. The van der Waals surface area contributed by atoms with Crippen molar-refractivity contribution in [2.75, 3.05) is 31.1 Å². The van der Waals surface area contributed by atoms with Gasteiger partial charge in [-0.3, -0.25) is 0 Å². The third kappa shape index (κ3) is 3.95. The smallest absolute Gasteiger partial charge is 0.369 e. The van der Waals surface area contributed by atoms with E-state index >= 15 is 0 Å². The maximum Gasteiger partial charge on any atom is 0.416 e. The Kier molecular flexibility index (Phi) is 5.95. The third-order valence-electron chi connectivity index (χ3n) is 6.31. The summed E-state index contributed by atoms with van der Waals surface area (Å²) in [5, 5.41) is 0. The summed E-state index contributed by atoms with van der Waals surface area (Å²) in [6, 6.07) is 5.16. The van der Waals surface area contributed by atoms with E-state index < -0.39 is 21.8 Å². The zero-order chi connectivity index (χ0) is 22.4. The summed E-state index contributed by atoms with van der Waals surface area (Å²) < 4.78 is 67.3. The fourth-order valence-electron chi connectivity index (χ4n) is 4.05. The molecule has 1 saturated heterocycles. The van der Waals surface area contributed by atoms with Gasteiger partial charge in [-0.05, 0) is 80.6 Å². The number of alkyl halides is 3. The molecule has 8 heteroatoms. The van der Waals surface area contributed by atoms with E-state index in [0.29, 0.717) is 23.7 Å². The van der Waals surface area contributed by atoms with Crippen molar-refractivity contribution in [3.05, 3.63) is 57.6 Å². The lowest BCUT2D eigenvalue weighted by molar-refractivity contribution is -0.137. The molecule has 30 heavy (non-hydrogen) atoms. The third-order valence-corrected chi connectivity index (χ3v) is 8.48. The van der Waals surface area contributed by atoms with Crippen molar-refractivity contribution in [1.29, 1.82) is 0 Å². The van der Waals surface area contributed by atoms with Crippen LogP contribution >= 0.6 is 0 Å². The summed E-state index contributed by atoms with van der Waals surface area (Å²) in [4.78, 5) is 2.16. The molecule has 0 amide bonds. The quantitative estimate of drug-likeness (QED) is 0.691. The van der Waals surface area contributed by atoms with Crippen molar-refractivity contribution in [2.24, 2.45) is 0 Å². The minimum atomic E-state index is -4.41. The predicted molar refractivity (Wildman–Crippen MR) is 113 cm³/mol. The molecule has 164 valence electrons. The molecule has 0 saturated carbocycles. The second-order valence-corrected chi connectivity index (χ2v) is 9.77. The first kappa shape index (κ1) is 22.6. The number of benzene rings is 2. The van der Waals surface area contributed by atoms with Crippen LogP contribution in [0.15, 0.2) is 29.2 Å². The molecule has 0 spiro atoms. The van der Waals surface area contributed by atoms with Gasteiger partial charge in [-0.2, -0.15) is 17.5 Å². The highest BCUT2D eigenvalue weighted by molar-refractivity contribution is 7.89. The summed E-state index contributed by atoms with van der Waals surface area (Å²) in [7, 11) is -3.70. The van der Waals surface area contributed by atoms with Crippen LogP contribution in [0.25, 0.3) is 0 Å². The Morgan fingerprint density at radius 3 is 1.80 bits per heavy atom. The highest BCUT2D eigenvalue weighted by atomic mass is 32.2. The molecule has 0 radical (unpaired) electrons. The Balaban J connectivity index is 1.85. The Morgan fingerprint density at radius 1 is 0.800 bits per heavy atom. The molecule has 2 aromatic carbocycles. The summed E-state index contributed by atoms with van der Waals surface area (Å²) in [6.45, 7) is 10.6. The number of sulfonamides is 1. The SMILES string of the molecule is Cc1c(C)c(C)c(S(=O)(=O)N2CCN(c3cccc(C(F)(F)F)c3)CC2)c(C)c1C. The maximum atomic E-state index is 13.4. The van der Waals surface area contributed by atoms with Gasteiger partial charge in [-0.1, -0.05) is 6.07 Å². The number of anilines is 1. The van der Waals surface area contributed by atoms with Crippen LogP contribution in [0, 0.1) is 34.6 Å². The monoisotopic (exact) mass is 440 g/mol. The first-order valence-corrected chi connectivity index (χ1v) is 11.3.